The van der Waals surface area contributed by atoms with Gasteiger partial charge in [-0.3, -0.25) is 9.59 Å². The van der Waals surface area contributed by atoms with Crippen molar-refractivity contribution in [1.29, 1.82) is 0 Å². The first-order valence-electron chi connectivity index (χ1n) is 9.15. The molecule has 150 valence electrons. The van der Waals surface area contributed by atoms with Crippen molar-refractivity contribution in [2.75, 3.05) is 13.1 Å². The summed E-state index contributed by atoms with van der Waals surface area (Å²) in [6.45, 7) is 3.61. The zero-order chi connectivity index (χ0) is 19.8. The van der Waals surface area contributed by atoms with E-state index in [-0.39, 0.29) is 28.8 Å². The van der Waals surface area contributed by atoms with Crippen molar-refractivity contribution in [3.8, 4) is 0 Å². The number of hydrogen-bond acceptors (Lipinski definition) is 6. The number of aryl methyl sites for hydroxylation is 2. The predicted octanol–water partition coefficient (Wildman–Crippen LogP) is 1.21. The molecular formula is C17H25N3O6S. The topological polar surface area (TPSA) is 130 Å². The van der Waals surface area contributed by atoms with Gasteiger partial charge in [-0.1, -0.05) is 18.0 Å². The number of hydrogen-bond donors (Lipinski definition) is 2. The van der Waals surface area contributed by atoms with Crippen LogP contribution in [0.2, 0.25) is 0 Å². The molecule has 10 heteroatoms. The van der Waals surface area contributed by atoms with Crippen LogP contribution in [-0.2, 0) is 19.6 Å². The highest BCUT2D eigenvalue weighted by molar-refractivity contribution is 7.89. The number of sulfonamides is 1. The summed E-state index contributed by atoms with van der Waals surface area (Å²) in [6, 6.07) is 0. The van der Waals surface area contributed by atoms with Crippen LogP contribution >= 0.6 is 0 Å². The summed E-state index contributed by atoms with van der Waals surface area (Å²) in [6.07, 6.45) is 3.36. The minimum absolute atomic E-state index is 0.0383. The van der Waals surface area contributed by atoms with Crippen LogP contribution in [0.5, 0.6) is 0 Å². The Morgan fingerprint density at radius 2 is 1.93 bits per heavy atom. The lowest BCUT2D eigenvalue weighted by atomic mass is 9.93. The molecule has 1 saturated heterocycles. The highest BCUT2D eigenvalue weighted by Gasteiger charge is 2.48. The smallest absolute Gasteiger partial charge is 0.308 e. The molecule has 3 rings (SSSR count). The van der Waals surface area contributed by atoms with E-state index in [9.17, 15) is 23.1 Å². The largest absolute Gasteiger partial charge is 0.481 e. The van der Waals surface area contributed by atoms with E-state index in [1.54, 1.807) is 0 Å². The number of amides is 1. The van der Waals surface area contributed by atoms with E-state index in [1.807, 2.05) is 0 Å². The molecule has 1 aromatic heterocycles. The Balaban J connectivity index is 1.88. The lowest BCUT2D eigenvalue weighted by Gasteiger charge is -2.38. The normalized spacial score (nSPS) is 22.7. The molecule has 0 spiro atoms. The zero-order valence-electron chi connectivity index (χ0n) is 15.5. The van der Waals surface area contributed by atoms with Crippen LogP contribution in [0.3, 0.4) is 0 Å². The van der Waals surface area contributed by atoms with Crippen molar-refractivity contribution in [2.45, 2.75) is 62.8 Å². The van der Waals surface area contributed by atoms with Gasteiger partial charge in [-0.15, -0.1) is 0 Å². The van der Waals surface area contributed by atoms with Crippen molar-refractivity contribution in [1.82, 2.24) is 14.8 Å². The Kier molecular flexibility index (Phi) is 5.31. The van der Waals surface area contributed by atoms with Crippen LogP contribution in [-0.4, -0.2) is 54.1 Å². The number of likely N-dealkylation sites (tertiary alicyclic amines) is 1. The van der Waals surface area contributed by atoms with Crippen LogP contribution in [0.25, 0.3) is 0 Å². The second-order valence-corrected chi connectivity index (χ2v) is 9.10. The van der Waals surface area contributed by atoms with E-state index in [2.05, 4.69) is 9.88 Å². The van der Waals surface area contributed by atoms with Gasteiger partial charge in [0.2, 0.25) is 15.9 Å². The number of aliphatic carboxylic acids is 1. The van der Waals surface area contributed by atoms with Gasteiger partial charge in [0.05, 0.1) is 5.92 Å². The summed E-state index contributed by atoms with van der Waals surface area (Å²) >= 11 is 0. The quantitative estimate of drug-likeness (QED) is 0.761. The molecule has 1 aromatic rings. The van der Waals surface area contributed by atoms with Crippen LogP contribution in [0.4, 0.5) is 0 Å². The maximum Gasteiger partial charge on any atom is 0.308 e. The number of piperidine rings is 1. The third-order valence-corrected chi connectivity index (χ3v) is 7.27. The van der Waals surface area contributed by atoms with E-state index in [4.69, 9.17) is 4.52 Å². The first-order valence-corrected chi connectivity index (χ1v) is 10.6. The van der Waals surface area contributed by atoms with Crippen molar-refractivity contribution in [2.24, 2.45) is 5.92 Å². The summed E-state index contributed by atoms with van der Waals surface area (Å²) in [7, 11) is -4.00. The van der Waals surface area contributed by atoms with Gasteiger partial charge in [-0.25, -0.2) is 8.42 Å². The predicted molar refractivity (Wildman–Crippen MR) is 94.4 cm³/mol. The Labute approximate surface area is 158 Å². The van der Waals surface area contributed by atoms with Crippen LogP contribution in [0.15, 0.2) is 9.42 Å². The van der Waals surface area contributed by atoms with Gasteiger partial charge in [0.25, 0.3) is 0 Å². The van der Waals surface area contributed by atoms with E-state index in [0.29, 0.717) is 32.2 Å². The SMILES string of the molecule is Cc1noc(C)c1S(=O)(=O)NC1(C(=O)N2CCCC(C(=O)O)C2)CCCC1. The van der Waals surface area contributed by atoms with Gasteiger partial charge in [-0.2, -0.15) is 4.72 Å². The molecule has 1 unspecified atom stereocenters. The maximum atomic E-state index is 13.3. The number of nitrogens with zero attached hydrogens (tertiary/aromatic N) is 2. The average Bonchev–Trinajstić information content (AvgIpc) is 3.21. The molecule has 2 fully saturated rings. The monoisotopic (exact) mass is 399 g/mol. The summed E-state index contributed by atoms with van der Waals surface area (Å²) < 4.78 is 33.6. The summed E-state index contributed by atoms with van der Waals surface area (Å²) in [5.74, 6) is -1.70. The van der Waals surface area contributed by atoms with Gasteiger partial charge >= 0.3 is 5.97 Å². The molecular weight excluding hydrogens is 374 g/mol. The molecule has 2 N–H and O–H groups in total. The van der Waals surface area contributed by atoms with Crippen LogP contribution in [0, 0.1) is 19.8 Å². The van der Waals surface area contributed by atoms with Crippen LogP contribution < -0.4 is 4.72 Å². The number of carboxylic acids is 1. The van der Waals surface area contributed by atoms with Gasteiger partial charge in [0.1, 0.15) is 16.1 Å². The molecule has 0 aromatic carbocycles. The Morgan fingerprint density at radius 1 is 1.26 bits per heavy atom. The number of nitrogens with one attached hydrogen (secondary N) is 1. The lowest BCUT2D eigenvalue weighted by molar-refractivity contribution is -0.147. The van der Waals surface area contributed by atoms with Crippen molar-refractivity contribution < 1.29 is 27.6 Å². The number of carbonyl (C=O) groups excluding carboxylic acids is 1. The first-order chi connectivity index (χ1) is 12.7. The van der Waals surface area contributed by atoms with E-state index >= 15 is 0 Å². The number of rotatable bonds is 5. The molecule has 27 heavy (non-hydrogen) atoms. The molecule has 2 aliphatic rings. The standard InChI is InChI=1S/C17H25N3O6S/c1-11-14(12(2)26-18-11)27(24,25)19-17(7-3-4-8-17)16(23)20-9-5-6-13(10-20)15(21)22/h13,19H,3-10H2,1-2H3,(H,21,22). The molecule has 0 bridgehead atoms. The summed E-state index contributed by atoms with van der Waals surface area (Å²) in [5.41, 5.74) is -1.00. The molecule has 1 amide bonds. The highest BCUT2D eigenvalue weighted by Crippen LogP contribution is 2.35. The highest BCUT2D eigenvalue weighted by atomic mass is 32.2. The minimum atomic E-state index is -4.00. The third kappa shape index (κ3) is 3.73. The van der Waals surface area contributed by atoms with Crippen molar-refractivity contribution in [3.05, 3.63) is 11.5 Å². The van der Waals surface area contributed by atoms with Crippen LogP contribution in [0.1, 0.15) is 50.0 Å². The molecule has 1 aliphatic carbocycles. The molecule has 0 radical (unpaired) electrons. The van der Waals surface area contributed by atoms with Gasteiger partial charge in [-0.05, 0) is 39.5 Å². The summed E-state index contributed by atoms with van der Waals surface area (Å²) in [4.78, 5) is 26.1. The molecule has 1 saturated carbocycles. The Hall–Kier alpha value is -1.94. The number of carboxylic acid groups (broad SMARTS) is 1. The fraction of sp³-hybridized carbons (Fsp3) is 0.706. The number of aromatic nitrogens is 1. The first kappa shape index (κ1) is 19.8. The fourth-order valence-corrected chi connectivity index (χ4v) is 5.92. The van der Waals surface area contributed by atoms with E-state index < -0.39 is 27.4 Å². The van der Waals surface area contributed by atoms with Crippen molar-refractivity contribution in [3.63, 3.8) is 0 Å². The van der Waals surface area contributed by atoms with E-state index in [1.165, 1.54) is 18.7 Å². The molecule has 9 nitrogen and oxygen atoms in total. The molecule has 1 atom stereocenters. The molecule has 1 aliphatic heterocycles. The third-order valence-electron chi connectivity index (χ3n) is 5.49. The second-order valence-electron chi connectivity index (χ2n) is 7.48. The second kappa shape index (κ2) is 7.23. The van der Waals surface area contributed by atoms with E-state index in [0.717, 1.165) is 12.8 Å². The Morgan fingerprint density at radius 3 is 2.48 bits per heavy atom. The minimum Gasteiger partial charge on any atom is -0.481 e. The zero-order valence-corrected chi connectivity index (χ0v) is 16.3. The fourth-order valence-electron chi connectivity index (χ4n) is 4.17. The molecule has 2 heterocycles. The average molecular weight is 399 g/mol. The van der Waals surface area contributed by atoms with Gasteiger partial charge in [0, 0.05) is 13.1 Å². The van der Waals surface area contributed by atoms with Gasteiger partial charge < -0.3 is 14.5 Å². The number of carbonyl (C=O) groups is 2. The maximum absolute atomic E-state index is 13.3. The lowest BCUT2D eigenvalue weighted by Crippen LogP contribution is -2.59. The van der Waals surface area contributed by atoms with Gasteiger partial charge in [0.15, 0.2) is 5.76 Å². The summed E-state index contributed by atoms with van der Waals surface area (Å²) in [5, 5.41) is 13.0. The Bertz CT molecular complexity index is 821. The van der Waals surface area contributed by atoms with Crippen molar-refractivity contribution >= 4 is 21.9 Å².